The Bertz CT molecular complexity index is 643. The molecule has 0 amide bonds. The van der Waals surface area contributed by atoms with E-state index in [0.717, 1.165) is 40.1 Å². The smallest absolute Gasteiger partial charge is 0.176 e. The molecule has 1 atom stereocenters. The van der Waals surface area contributed by atoms with Crippen LogP contribution in [-0.4, -0.2) is 58.3 Å². The molecule has 4 heterocycles. The predicted molar refractivity (Wildman–Crippen MR) is 88.4 cm³/mol. The van der Waals surface area contributed by atoms with E-state index in [-0.39, 0.29) is 0 Å². The topological polar surface area (TPSA) is 45.2 Å². The highest BCUT2D eigenvalue weighted by atomic mass is 32.2. The molecule has 2 saturated heterocycles. The molecule has 2 aromatic heterocycles. The van der Waals surface area contributed by atoms with Crippen molar-refractivity contribution in [3.05, 3.63) is 6.33 Å². The lowest BCUT2D eigenvalue weighted by Gasteiger charge is -2.44. The number of fused-ring (bicyclic) bond motifs is 2. The quantitative estimate of drug-likeness (QED) is 0.792. The van der Waals surface area contributed by atoms with E-state index < -0.39 is 0 Å². The molecule has 0 aliphatic carbocycles. The van der Waals surface area contributed by atoms with E-state index in [2.05, 4.69) is 31.0 Å². The summed E-state index contributed by atoms with van der Waals surface area (Å²) in [6.45, 7) is 4.59. The van der Waals surface area contributed by atoms with Gasteiger partial charge in [-0.05, 0) is 25.6 Å². The maximum absolute atomic E-state index is 4.57. The van der Waals surface area contributed by atoms with E-state index in [1.165, 1.54) is 25.8 Å². The SMILES string of the molecule is CSc1nc2ncnc(N3CCN4CCCCC4C3)c2s1. The number of aromatic nitrogens is 3. The van der Waals surface area contributed by atoms with Gasteiger partial charge in [-0.3, -0.25) is 4.90 Å². The summed E-state index contributed by atoms with van der Waals surface area (Å²) in [6, 6.07) is 0.699. The third-order valence-electron chi connectivity index (χ3n) is 4.46. The molecule has 0 N–H and O–H groups in total. The number of thiazole rings is 1. The van der Waals surface area contributed by atoms with E-state index in [0.29, 0.717) is 6.04 Å². The van der Waals surface area contributed by atoms with Crippen LogP contribution in [0.25, 0.3) is 10.3 Å². The van der Waals surface area contributed by atoms with Crippen LogP contribution in [0.3, 0.4) is 0 Å². The van der Waals surface area contributed by atoms with Crippen LogP contribution in [0.15, 0.2) is 10.7 Å². The van der Waals surface area contributed by atoms with Gasteiger partial charge in [0.25, 0.3) is 0 Å². The number of anilines is 1. The van der Waals surface area contributed by atoms with Crippen LogP contribution in [-0.2, 0) is 0 Å². The van der Waals surface area contributed by atoms with Crippen LogP contribution >= 0.6 is 23.1 Å². The highest BCUT2D eigenvalue weighted by Gasteiger charge is 2.30. The van der Waals surface area contributed by atoms with Crippen molar-refractivity contribution >= 4 is 39.3 Å². The zero-order chi connectivity index (χ0) is 14.2. The number of piperidine rings is 1. The molecule has 2 aromatic rings. The van der Waals surface area contributed by atoms with Crippen LogP contribution < -0.4 is 4.90 Å². The van der Waals surface area contributed by atoms with E-state index in [1.807, 2.05) is 0 Å². The molecule has 112 valence electrons. The third kappa shape index (κ3) is 2.51. The van der Waals surface area contributed by atoms with Gasteiger partial charge in [-0.15, -0.1) is 11.3 Å². The maximum atomic E-state index is 4.57. The van der Waals surface area contributed by atoms with Crippen LogP contribution in [0.5, 0.6) is 0 Å². The molecule has 0 bridgehead atoms. The number of hydrogen-bond donors (Lipinski definition) is 0. The second kappa shape index (κ2) is 5.70. The monoisotopic (exact) mass is 321 g/mol. The molecule has 5 nitrogen and oxygen atoms in total. The lowest BCUT2D eigenvalue weighted by Crippen LogP contribution is -2.55. The van der Waals surface area contributed by atoms with Crippen LogP contribution in [0.2, 0.25) is 0 Å². The highest BCUT2D eigenvalue weighted by Crippen LogP contribution is 2.34. The molecule has 1 unspecified atom stereocenters. The summed E-state index contributed by atoms with van der Waals surface area (Å²) in [4.78, 5) is 18.6. The molecule has 2 aliphatic rings. The van der Waals surface area contributed by atoms with Gasteiger partial charge in [0.05, 0.1) is 0 Å². The Labute approximate surface area is 132 Å². The summed E-state index contributed by atoms with van der Waals surface area (Å²) >= 11 is 3.40. The Hall–Kier alpha value is -0.920. The number of rotatable bonds is 2. The molecule has 7 heteroatoms. The van der Waals surface area contributed by atoms with Gasteiger partial charge in [0.2, 0.25) is 0 Å². The average molecular weight is 321 g/mol. The molecular weight excluding hydrogens is 302 g/mol. The van der Waals surface area contributed by atoms with Crippen molar-refractivity contribution in [2.45, 2.75) is 29.6 Å². The van der Waals surface area contributed by atoms with Crippen molar-refractivity contribution in [2.75, 3.05) is 37.3 Å². The van der Waals surface area contributed by atoms with Crippen molar-refractivity contribution < 1.29 is 0 Å². The van der Waals surface area contributed by atoms with Gasteiger partial charge in [-0.2, -0.15) is 0 Å². The summed E-state index contributed by atoms with van der Waals surface area (Å²) in [5.41, 5.74) is 0.848. The Kier molecular flexibility index (Phi) is 3.72. The fourth-order valence-corrected chi connectivity index (χ4v) is 4.91. The molecule has 2 fully saturated rings. The molecule has 0 radical (unpaired) electrons. The zero-order valence-corrected chi connectivity index (χ0v) is 13.8. The van der Waals surface area contributed by atoms with Crippen molar-refractivity contribution in [1.82, 2.24) is 19.9 Å². The first-order chi connectivity index (χ1) is 10.3. The first kappa shape index (κ1) is 13.7. The Morgan fingerprint density at radius 3 is 3.10 bits per heavy atom. The van der Waals surface area contributed by atoms with E-state index in [4.69, 9.17) is 0 Å². The lowest BCUT2D eigenvalue weighted by molar-refractivity contribution is 0.133. The summed E-state index contributed by atoms with van der Waals surface area (Å²) in [5.74, 6) is 1.09. The minimum absolute atomic E-state index is 0.699. The van der Waals surface area contributed by atoms with Crippen molar-refractivity contribution in [3.63, 3.8) is 0 Å². The average Bonchev–Trinajstić information content (AvgIpc) is 2.97. The first-order valence-electron chi connectivity index (χ1n) is 7.49. The summed E-state index contributed by atoms with van der Waals surface area (Å²) < 4.78 is 2.22. The Balaban J connectivity index is 1.65. The van der Waals surface area contributed by atoms with Crippen molar-refractivity contribution in [3.8, 4) is 0 Å². The fourth-order valence-electron chi connectivity index (χ4n) is 3.38. The van der Waals surface area contributed by atoms with Crippen molar-refractivity contribution in [2.24, 2.45) is 0 Å². The molecular formula is C14H19N5S2. The molecule has 0 saturated carbocycles. The van der Waals surface area contributed by atoms with Crippen LogP contribution in [0.4, 0.5) is 5.82 Å². The van der Waals surface area contributed by atoms with Gasteiger partial charge in [0, 0.05) is 25.7 Å². The molecule has 4 rings (SSSR count). The fraction of sp³-hybridized carbons (Fsp3) is 0.643. The summed E-state index contributed by atoms with van der Waals surface area (Å²) in [7, 11) is 0. The normalized spacial score (nSPS) is 23.5. The molecule has 2 aliphatic heterocycles. The van der Waals surface area contributed by atoms with Gasteiger partial charge in [0.1, 0.15) is 11.0 Å². The number of hydrogen-bond acceptors (Lipinski definition) is 7. The number of nitrogens with zero attached hydrogens (tertiary/aromatic N) is 5. The molecule has 21 heavy (non-hydrogen) atoms. The van der Waals surface area contributed by atoms with Gasteiger partial charge in [-0.1, -0.05) is 18.2 Å². The lowest BCUT2D eigenvalue weighted by atomic mass is 9.99. The molecule has 0 spiro atoms. The van der Waals surface area contributed by atoms with E-state index >= 15 is 0 Å². The van der Waals surface area contributed by atoms with Gasteiger partial charge in [0.15, 0.2) is 15.8 Å². The third-order valence-corrected chi connectivity index (χ3v) is 6.49. The zero-order valence-electron chi connectivity index (χ0n) is 12.2. The van der Waals surface area contributed by atoms with E-state index in [1.54, 1.807) is 29.4 Å². The standard InChI is InChI=1S/C14H19N5S2/c1-20-14-17-12-11(21-14)13(16-9-15-12)19-7-6-18-5-3-2-4-10(18)8-19/h9-10H,2-8H2,1H3. The number of piperazine rings is 1. The Morgan fingerprint density at radius 2 is 2.19 bits per heavy atom. The molecule has 0 aromatic carbocycles. The van der Waals surface area contributed by atoms with Crippen LogP contribution in [0.1, 0.15) is 19.3 Å². The summed E-state index contributed by atoms with van der Waals surface area (Å²) in [5, 5.41) is 0. The van der Waals surface area contributed by atoms with Gasteiger partial charge < -0.3 is 4.90 Å². The second-order valence-corrected chi connectivity index (χ2v) is 7.72. The van der Waals surface area contributed by atoms with Crippen LogP contribution in [0, 0.1) is 0 Å². The first-order valence-corrected chi connectivity index (χ1v) is 9.54. The second-order valence-electron chi connectivity index (χ2n) is 5.67. The Morgan fingerprint density at radius 1 is 1.24 bits per heavy atom. The maximum Gasteiger partial charge on any atom is 0.176 e. The highest BCUT2D eigenvalue weighted by molar-refractivity contribution is 8.00. The minimum atomic E-state index is 0.699. The minimum Gasteiger partial charge on any atom is -0.352 e. The summed E-state index contributed by atoms with van der Waals surface area (Å²) in [6.07, 6.45) is 7.77. The van der Waals surface area contributed by atoms with E-state index in [9.17, 15) is 0 Å². The predicted octanol–water partition coefficient (Wildman–Crippen LogP) is 2.48. The number of thioether (sulfide) groups is 1. The van der Waals surface area contributed by atoms with Crippen molar-refractivity contribution in [1.29, 1.82) is 0 Å². The van der Waals surface area contributed by atoms with Gasteiger partial charge in [-0.25, -0.2) is 15.0 Å². The van der Waals surface area contributed by atoms with Gasteiger partial charge >= 0.3 is 0 Å². The largest absolute Gasteiger partial charge is 0.352 e.